The molecule has 1 amide bonds. The van der Waals surface area contributed by atoms with E-state index in [4.69, 9.17) is 4.52 Å². The van der Waals surface area contributed by atoms with Gasteiger partial charge in [-0.05, 0) is 19.1 Å². The van der Waals surface area contributed by atoms with Crippen molar-refractivity contribution in [1.29, 1.82) is 0 Å². The number of guanidine groups is 1. The molecule has 1 saturated heterocycles. The third-order valence-electron chi connectivity index (χ3n) is 4.47. The molecule has 0 bridgehead atoms. The number of nitrogens with one attached hydrogen (secondary N) is 2. The smallest absolute Gasteiger partial charge is 0.229 e. The van der Waals surface area contributed by atoms with Gasteiger partial charge < -0.3 is 20.1 Å². The first-order valence-corrected chi connectivity index (χ1v) is 9.79. The number of aliphatic imine (C=N–C) groups is 1. The van der Waals surface area contributed by atoms with E-state index in [2.05, 4.69) is 25.8 Å². The standard InChI is InChI=1S/C20H28N6O2.HI/c1-4-21-20(22-11-10-17-24-19(14(2)3)25-28-17)23-15-12-18(27)26(13-15)16-8-6-5-7-9-16;/h5-9,14-15H,4,10-13H2,1-3H3,(H2,21,22,23);1H. The Morgan fingerprint density at radius 3 is 2.76 bits per heavy atom. The molecule has 1 aromatic heterocycles. The fourth-order valence-electron chi connectivity index (χ4n) is 3.04. The molecular weight excluding hydrogens is 483 g/mol. The van der Waals surface area contributed by atoms with Gasteiger partial charge in [-0.3, -0.25) is 9.79 Å². The Morgan fingerprint density at radius 2 is 2.10 bits per heavy atom. The number of aromatic nitrogens is 2. The van der Waals surface area contributed by atoms with Gasteiger partial charge in [0.05, 0.1) is 12.6 Å². The van der Waals surface area contributed by atoms with Crippen LogP contribution in [0.15, 0.2) is 39.8 Å². The minimum Gasteiger partial charge on any atom is -0.357 e. The van der Waals surface area contributed by atoms with Crippen molar-refractivity contribution in [3.05, 3.63) is 42.0 Å². The van der Waals surface area contributed by atoms with E-state index in [0.717, 1.165) is 18.1 Å². The zero-order valence-electron chi connectivity index (χ0n) is 17.1. The van der Waals surface area contributed by atoms with E-state index in [0.29, 0.717) is 37.8 Å². The summed E-state index contributed by atoms with van der Waals surface area (Å²) in [6.45, 7) is 7.96. The third kappa shape index (κ3) is 6.41. The highest BCUT2D eigenvalue weighted by molar-refractivity contribution is 14.0. The summed E-state index contributed by atoms with van der Waals surface area (Å²) in [6.07, 6.45) is 1.02. The lowest BCUT2D eigenvalue weighted by atomic mass is 10.2. The van der Waals surface area contributed by atoms with Crippen LogP contribution in [0.5, 0.6) is 0 Å². The number of para-hydroxylation sites is 1. The topological polar surface area (TPSA) is 95.6 Å². The Bertz CT molecular complexity index is 808. The van der Waals surface area contributed by atoms with Gasteiger partial charge in [0, 0.05) is 37.5 Å². The van der Waals surface area contributed by atoms with Crippen LogP contribution in [0.1, 0.15) is 44.8 Å². The van der Waals surface area contributed by atoms with Gasteiger partial charge in [0.25, 0.3) is 0 Å². The lowest BCUT2D eigenvalue weighted by Gasteiger charge is -2.18. The van der Waals surface area contributed by atoms with Crippen LogP contribution in [-0.4, -0.2) is 47.7 Å². The van der Waals surface area contributed by atoms with Gasteiger partial charge >= 0.3 is 0 Å². The highest BCUT2D eigenvalue weighted by atomic mass is 127. The number of amides is 1. The Balaban J connectivity index is 0.00000300. The van der Waals surface area contributed by atoms with E-state index in [1.807, 2.05) is 56.0 Å². The second-order valence-electron chi connectivity index (χ2n) is 7.10. The minimum absolute atomic E-state index is 0. The van der Waals surface area contributed by atoms with E-state index in [9.17, 15) is 4.79 Å². The summed E-state index contributed by atoms with van der Waals surface area (Å²) >= 11 is 0. The molecular formula is C20H29IN6O2. The largest absolute Gasteiger partial charge is 0.357 e. The lowest BCUT2D eigenvalue weighted by molar-refractivity contribution is -0.117. The number of hydrogen-bond acceptors (Lipinski definition) is 5. The van der Waals surface area contributed by atoms with Gasteiger partial charge in [-0.2, -0.15) is 4.98 Å². The van der Waals surface area contributed by atoms with Crippen molar-refractivity contribution in [2.24, 2.45) is 4.99 Å². The number of carbonyl (C=O) groups excluding carboxylic acids is 1. The Morgan fingerprint density at radius 1 is 1.34 bits per heavy atom. The molecule has 9 heteroatoms. The SMILES string of the molecule is CCNC(=NCCc1nc(C(C)C)no1)NC1CC(=O)N(c2ccccc2)C1.I. The molecule has 1 aliphatic rings. The molecule has 8 nitrogen and oxygen atoms in total. The van der Waals surface area contributed by atoms with Gasteiger partial charge in [0.15, 0.2) is 11.8 Å². The van der Waals surface area contributed by atoms with Crippen LogP contribution in [-0.2, 0) is 11.2 Å². The number of anilines is 1. The second-order valence-corrected chi connectivity index (χ2v) is 7.10. The van der Waals surface area contributed by atoms with Crippen molar-refractivity contribution in [2.45, 2.75) is 45.6 Å². The number of carbonyl (C=O) groups is 1. The summed E-state index contributed by atoms with van der Waals surface area (Å²) < 4.78 is 5.26. The van der Waals surface area contributed by atoms with Crippen molar-refractivity contribution in [2.75, 3.05) is 24.5 Å². The Labute approximate surface area is 188 Å². The molecule has 1 aromatic carbocycles. The Kier molecular flexibility index (Phi) is 8.87. The minimum atomic E-state index is 0. The van der Waals surface area contributed by atoms with Crippen LogP contribution in [0.4, 0.5) is 5.69 Å². The number of halogens is 1. The molecule has 2 N–H and O–H groups in total. The molecule has 0 saturated carbocycles. The molecule has 2 heterocycles. The normalized spacial score (nSPS) is 16.8. The zero-order chi connectivity index (χ0) is 19.9. The van der Waals surface area contributed by atoms with E-state index < -0.39 is 0 Å². The van der Waals surface area contributed by atoms with Crippen molar-refractivity contribution in [3.8, 4) is 0 Å². The van der Waals surface area contributed by atoms with E-state index in [1.54, 1.807) is 0 Å². The maximum Gasteiger partial charge on any atom is 0.229 e. The molecule has 1 atom stereocenters. The first-order chi connectivity index (χ1) is 13.6. The first kappa shape index (κ1) is 23.1. The highest BCUT2D eigenvalue weighted by Gasteiger charge is 2.31. The molecule has 0 spiro atoms. The summed E-state index contributed by atoms with van der Waals surface area (Å²) in [7, 11) is 0. The molecule has 29 heavy (non-hydrogen) atoms. The number of rotatable bonds is 7. The summed E-state index contributed by atoms with van der Waals surface area (Å²) in [5, 5.41) is 10.6. The number of nitrogens with zero attached hydrogens (tertiary/aromatic N) is 4. The fraction of sp³-hybridized carbons (Fsp3) is 0.500. The molecule has 1 fully saturated rings. The molecule has 0 radical (unpaired) electrons. The van der Waals surface area contributed by atoms with Gasteiger partial charge in [0.2, 0.25) is 11.8 Å². The van der Waals surface area contributed by atoms with Crippen LogP contribution < -0.4 is 15.5 Å². The molecule has 1 unspecified atom stereocenters. The molecule has 2 aromatic rings. The average molecular weight is 512 g/mol. The first-order valence-electron chi connectivity index (χ1n) is 9.79. The summed E-state index contributed by atoms with van der Waals surface area (Å²) in [4.78, 5) is 23.1. The van der Waals surface area contributed by atoms with Crippen LogP contribution >= 0.6 is 24.0 Å². The van der Waals surface area contributed by atoms with Crippen LogP contribution in [0.25, 0.3) is 0 Å². The van der Waals surface area contributed by atoms with Gasteiger partial charge in [0.1, 0.15) is 0 Å². The molecule has 3 rings (SSSR count). The fourth-order valence-corrected chi connectivity index (χ4v) is 3.04. The number of benzene rings is 1. The molecule has 158 valence electrons. The quantitative estimate of drug-likeness (QED) is 0.337. The maximum absolute atomic E-state index is 12.4. The zero-order valence-corrected chi connectivity index (χ0v) is 19.4. The highest BCUT2D eigenvalue weighted by Crippen LogP contribution is 2.20. The van der Waals surface area contributed by atoms with Crippen molar-refractivity contribution < 1.29 is 9.32 Å². The van der Waals surface area contributed by atoms with Crippen molar-refractivity contribution in [1.82, 2.24) is 20.8 Å². The van der Waals surface area contributed by atoms with Crippen LogP contribution in [0.2, 0.25) is 0 Å². The summed E-state index contributed by atoms with van der Waals surface area (Å²) in [5.41, 5.74) is 0.927. The van der Waals surface area contributed by atoms with E-state index >= 15 is 0 Å². The lowest BCUT2D eigenvalue weighted by Crippen LogP contribution is -2.44. The summed E-state index contributed by atoms with van der Waals surface area (Å²) in [5.74, 6) is 2.36. The van der Waals surface area contributed by atoms with Crippen LogP contribution in [0, 0.1) is 0 Å². The average Bonchev–Trinajstić information content (AvgIpc) is 3.29. The van der Waals surface area contributed by atoms with E-state index in [-0.39, 0.29) is 41.8 Å². The van der Waals surface area contributed by atoms with Gasteiger partial charge in [-0.1, -0.05) is 37.2 Å². The van der Waals surface area contributed by atoms with Crippen molar-refractivity contribution in [3.63, 3.8) is 0 Å². The van der Waals surface area contributed by atoms with Crippen molar-refractivity contribution >= 4 is 41.5 Å². The van der Waals surface area contributed by atoms with Crippen LogP contribution in [0.3, 0.4) is 0 Å². The predicted octanol–water partition coefficient (Wildman–Crippen LogP) is 2.71. The second kappa shape index (κ2) is 11.1. The molecule has 0 aliphatic carbocycles. The monoisotopic (exact) mass is 512 g/mol. The van der Waals surface area contributed by atoms with Gasteiger partial charge in [-0.25, -0.2) is 0 Å². The summed E-state index contributed by atoms with van der Waals surface area (Å²) in [6, 6.07) is 9.75. The maximum atomic E-state index is 12.4. The number of hydrogen-bond donors (Lipinski definition) is 2. The van der Waals surface area contributed by atoms with Gasteiger partial charge in [-0.15, -0.1) is 24.0 Å². The molecule has 1 aliphatic heterocycles. The Hall–Kier alpha value is -2.17. The van der Waals surface area contributed by atoms with E-state index in [1.165, 1.54) is 0 Å². The predicted molar refractivity (Wildman–Crippen MR) is 124 cm³/mol. The third-order valence-corrected chi connectivity index (χ3v) is 4.47.